The summed E-state index contributed by atoms with van der Waals surface area (Å²) in [4.78, 5) is 0. The Balaban J connectivity index is 1.71. The topological polar surface area (TPSA) is 30.5 Å². The van der Waals surface area contributed by atoms with Crippen LogP contribution in [0.3, 0.4) is 0 Å². The second-order valence-electron chi connectivity index (χ2n) is 6.77. The Bertz CT molecular complexity index is 516. The molecule has 1 saturated carbocycles. The third-order valence-corrected chi connectivity index (χ3v) is 5.26. The van der Waals surface area contributed by atoms with Crippen molar-refractivity contribution < 1.29 is 9.47 Å². The molecule has 2 aliphatic rings. The van der Waals surface area contributed by atoms with Crippen molar-refractivity contribution in [2.75, 3.05) is 13.2 Å². The Morgan fingerprint density at radius 3 is 2.81 bits per heavy atom. The van der Waals surface area contributed by atoms with E-state index in [-0.39, 0.29) is 0 Å². The molecule has 0 amide bonds. The highest BCUT2D eigenvalue weighted by Gasteiger charge is 2.33. The SMILES string of the molecule is CC1(C)CCCC1NCc1cc(Br)c2c(c1)OCCCO2. The number of benzene rings is 1. The average Bonchev–Trinajstić information content (AvgIpc) is 2.63. The standard InChI is InChI=1S/C17H24BrNO2/c1-17(2)6-3-5-15(17)19-11-12-9-13(18)16-14(10-12)20-7-4-8-21-16/h9-10,15,19H,3-8,11H2,1-2H3. The zero-order chi connectivity index (χ0) is 14.9. The molecule has 116 valence electrons. The molecule has 1 aromatic rings. The van der Waals surface area contributed by atoms with Crippen molar-refractivity contribution in [1.29, 1.82) is 0 Å². The molecule has 21 heavy (non-hydrogen) atoms. The quantitative estimate of drug-likeness (QED) is 0.879. The van der Waals surface area contributed by atoms with E-state index in [1.165, 1.54) is 24.8 Å². The normalized spacial score (nSPS) is 23.9. The zero-order valence-corrected chi connectivity index (χ0v) is 14.5. The second-order valence-corrected chi connectivity index (χ2v) is 7.62. The van der Waals surface area contributed by atoms with Gasteiger partial charge in [0.05, 0.1) is 17.7 Å². The van der Waals surface area contributed by atoms with Gasteiger partial charge in [0.25, 0.3) is 0 Å². The van der Waals surface area contributed by atoms with Crippen LogP contribution in [0.15, 0.2) is 16.6 Å². The highest BCUT2D eigenvalue weighted by molar-refractivity contribution is 9.10. The first-order valence-corrected chi connectivity index (χ1v) is 8.67. The lowest BCUT2D eigenvalue weighted by Crippen LogP contribution is -2.37. The number of rotatable bonds is 3. The van der Waals surface area contributed by atoms with E-state index in [1.54, 1.807) is 0 Å². The number of hydrogen-bond acceptors (Lipinski definition) is 3. The first-order valence-electron chi connectivity index (χ1n) is 7.88. The first kappa shape index (κ1) is 15.2. The van der Waals surface area contributed by atoms with Crippen molar-refractivity contribution in [2.45, 2.75) is 52.1 Å². The van der Waals surface area contributed by atoms with Gasteiger partial charge in [-0.05, 0) is 51.9 Å². The molecule has 1 aliphatic heterocycles. The Morgan fingerprint density at radius 2 is 2.05 bits per heavy atom. The molecule has 3 nitrogen and oxygen atoms in total. The Morgan fingerprint density at radius 1 is 1.24 bits per heavy atom. The molecule has 1 aromatic carbocycles. The fraction of sp³-hybridized carbons (Fsp3) is 0.647. The predicted molar refractivity (Wildman–Crippen MR) is 88.0 cm³/mol. The van der Waals surface area contributed by atoms with Crippen molar-refractivity contribution in [1.82, 2.24) is 5.32 Å². The molecule has 0 aromatic heterocycles. The van der Waals surface area contributed by atoms with Gasteiger partial charge < -0.3 is 14.8 Å². The number of nitrogens with one attached hydrogen (secondary N) is 1. The lowest BCUT2D eigenvalue weighted by Gasteiger charge is -2.28. The van der Waals surface area contributed by atoms with Crippen molar-refractivity contribution >= 4 is 15.9 Å². The third-order valence-electron chi connectivity index (χ3n) is 4.67. The van der Waals surface area contributed by atoms with E-state index in [0.717, 1.165) is 42.2 Å². The summed E-state index contributed by atoms with van der Waals surface area (Å²) < 4.78 is 12.5. The summed E-state index contributed by atoms with van der Waals surface area (Å²) in [5.41, 5.74) is 1.65. The van der Waals surface area contributed by atoms with Crippen molar-refractivity contribution in [2.24, 2.45) is 5.41 Å². The maximum Gasteiger partial charge on any atom is 0.175 e. The molecule has 0 bridgehead atoms. The summed E-state index contributed by atoms with van der Waals surface area (Å²) in [5.74, 6) is 1.71. The maximum atomic E-state index is 5.80. The molecule has 3 rings (SSSR count). The van der Waals surface area contributed by atoms with Crippen molar-refractivity contribution in [3.05, 3.63) is 22.2 Å². The van der Waals surface area contributed by atoms with Gasteiger partial charge in [-0.3, -0.25) is 0 Å². The van der Waals surface area contributed by atoms with Gasteiger partial charge >= 0.3 is 0 Å². The van der Waals surface area contributed by atoms with Crippen LogP contribution in [-0.2, 0) is 6.54 Å². The van der Waals surface area contributed by atoms with Gasteiger partial charge in [-0.15, -0.1) is 0 Å². The van der Waals surface area contributed by atoms with Crippen LogP contribution >= 0.6 is 15.9 Å². The van der Waals surface area contributed by atoms with Crippen LogP contribution in [0.25, 0.3) is 0 Å². The third kappa shape index (κ3) is 3.37. The Hall–Kier alpha value is -0.740. The molecule has 0 saturated heterocycles. The van der Waals surface area contributed by atoms with Gasteiger partial charge in [-0.2, -0.15) is 0 Å². The number of fused-ring (bicyclic) bond motifs is 1. The van der Waals surface area contributed by atoms with Crippen LogP contribution in [-0.4, -0.2) is 19.3 Å². The van der Waals surface area contributed by atoms with E-state index in [2.05, 4.69) is 47.2 Å². The lowest BCUT2D eigenvalue weighted by atomic mass is 9.87. The summed E-state index contributed by atoms with van der Waals surface area (Å²) in [6.45, 7) is 7.05. The van der Waals surface area contributed by atoms with Gasteiger partial charge in [0, 0.05) is 19.0 Å². The van der Waals surface area contributed by atoms with E-state index in [4.69, 9.17) is 9.47 Å². The Labute approximate surface area is 135 Å². The predicted octanol–water partition coefficient (Wildman–Crippen LogP) is 4.28. The molecule has 1 N–H and O–H groups in total. The molecule has 1 unspecified atom stereocenters. The summed E-state index contributed by atoms with van der Waals surface area (Å²) in [5, 5.41) is 3.72. The van der Waals surface area contributed by atoms with Crippen LogP contribution < -0.4 is 14.8 Å². The van der Waals surface area contributed by atoms with E-state index >= 15 is 0 Å². The summed E-state index contributed by atoms with van der Waals surface area (Å²) >= 11 is 3.61. The molecule has 1 aliphatic carbocycles. The fourth-order valence-corrected chi connectivity index (χ4v) is 3.94. The van der Waals surface area contributed by atoms with Gasteiger partial charge in [0.1, 0.15) is 0 Å². The number of halogens is 1. The van der Waals surface area contributed by atoms with Gasteiger partial charge in [-0.1, -0.05) is 20.3 Å². The first-order chi connectivity index (χ1) is 10.1. The molecule has 4 heteroatoms. The Kier molecular flexibility index (Phi) is 4.46. The van der Waals surface area contributed by atoms with E-state index < -0.39 is 0 Å². The highest BCUT2D eigenvalue weighted by atomic mass is 79.9. The summed E-state index contributed by atoms with van der Waals surface area (Å²) in [6, 6.07) is 4.86. The fourth-order valence-electron chi connectivity index (χ4n) is 3.33. The highest BCUT2D eigenvalue weighted by Crippen LogP contribution is 2.39. The minimum Gasteiger partial charge on any atom is -0.490 e. The zero-order valence-electron chi connectivity index (χ0n) is 12.9. The summed E-state index contributed by atoms with van der Waals surface area (Å²) in [6.07, 6.45) is 4.86. The van der Waals surface area contributed by atoms with Crippen LogP contribution in [0.5, 0.6) is 11.5 Å². The molecule has 0 radical (unpaired) electrons. The molecular formula is C17H24BrNO2. The number of ether oxygens (including phenoxy) is 2. The molecular weight excluding hydrogens is 330 g/mol. The number of hydrogen-bond donors (Lipinski definition) is 1. The monoisotopic (exact) mass is 353 g/mol. The van der Waals surface area contributed by atoms with Crippen LogP contribution in [0.4, 0.5) is 0 Å². The maximum absolute atomic E-state index is 5.80. The molecule has 0 spiro atoms. The average molecular weight is 354 g/mol. The summed E-state index contributed by atoms with van der Waals surface area (Å²) in [7, 11) is 0. The van der Waals surface area contributed by atoms with Gasteiger partial charge in [0.15, 0.2) is 11.5 Å². The van der Waals surface area contributed by atoms with Crippen LogP contribution in [0.2, 0.25) is 0 Å². The van der Waals surface area contributed by atoms with E-state index in [0.29, 0.717) is 11.5 Å². The molecule has 1 heterocycles. The van der Waals surface area contributed by atoms with Crippen LogP contribution in [0.1, 0.15) is 45.1 Å². The van der Waals surface area contributed by atoms with Gasteiger partial charge in [0.2, 0.25) is 0 Å². The molecule has 1 atom stereocenters. The van der Waals surface area contributed by atoms with E-state index in [9.17, 15) is 0 Å². The van der Waals surface area contributed by atoms with Crippen molar-refractivity contribution in [3.8, 4) is 11.5 Å². The lowest BCUT2D eigenvalue weighted by molar-refractivity contribution is 0.282. The minimum atomic E-state index is 0.405. The van der Waals surface area contributed by atoms with Crippen LogP contribution in [0, 0.1) is 5.41 Å². The molecule has 1 fully saturated rings. The minimum absolute atomic E-state index is 0.405. The largest absolute Gasteiger partial charge is 0.490 e. The smallest absolute Gasteiger partial charge is 0.175 e. The van der Waals surface area contributed by atoms with Gasteiger partial charge in [-0.25, -0.2) is 0 Å². The van der Waals surface area contributed by atoms with Crippen molar-refractivity contribution in [3.63, 3.8) is 0 Å². The van der Waals surface area contributed by atoms with E-state index in [1.807, 2.05) is 0 Å². The second kappa shape index (κ2) is 6.17.